The van der Waals surface area contributed by atoms with Gasteiger partial charge >= 0.3 is 0 Å². The molecule has 0 aliphatic carbocycles. The zero-order chi connectivity index (χ0) is 13.1. The molecule has 0 saturated heterocycles. The summed E-state index contributed by atoms with van der Waals surface area (Å²) in [7, 11) is 0. The minimum atomic E-state index is -0.0253. The van der Waals surface area contributed by atoms with Crippen LogP contribution in [-0.2, 0) is 0 Å². The maximum Gasteiger partial charge on any atom is 0.161 e. The molecule has 2 aromatic rings. The monoisotopic (exact) mass is 304 g/mol. The zero-order valence-corrected chi connectivity index (χ0v) is 11.5. The lowest BCUT2D eigenvalue weighted by Gasteiger charge is -2.09. The average molecular weight is 305 g/mol. The molecule has 0 aromatic heterocycles. The first-order valence-corrected chi connectivity index (χ1v) is 6.28. The highest BCUT2D eigenvalue weighted by Gasteiger charge is 2.05. The van der Waals surface area contributed by atoms with Crippen LogP contribution in [0.5, 0.6) is 0 Å². The first-order valence-electron chi connectivity index (χ1n) is 5.49. The summed E-state index contributed by atoms with van der Waals surface area (Å²) in [6.45, 7) is 1.51. The quantitative estimate of drug-likeness (QED) is 0.666. The Balaban J connectivity index is 2.22. The number of nitrogens with two attached hydrogens (primary N) is 1. The summed E-state index contributed by atoms with van der Waals surface area (Å²) < 4.78 is 1.03. The van der Waals surface area contributed by atoms with Crippen molar-refractivity contribution in [2.45, 2.75) is 6.92 Å². The van der Waals surface area contributed by atoms with Gasteiger partial charge in [0.05, 0.1) is 0 Å². The van der Waals surface area contributed by atoms with Gasteiger partial charge in [0.15, 0.2) is 5.78 Å². The second kappa shape index (κ2) is 5.23. The SMILES string of the molecule is CC(=O)c1ccc(Nc2ccc(Br)cc2)cc1N. The van der Waals surface area contributed by atoms with Crippen molar-refractivity contribution < 1.29 is 4.79 Å². The van der Waals surface area contributed by atoms with Crippen molar-refractivity contribution in [3.05, 3.63) is 52.5 Å². The Hall–Kier alpha value is -1.81. The Bertz CT molecular complexity index is 579. The topological polar surface area (TPSA) is 55.1 Å². The summed E-state index contributed by atoms with van der Waals surface area (Å²) in [6, 6.07) is 13.2. The molecule has 0 spiro atoms. The minimum absolute atomic E-state index is 0.0253. The molecule has 4 heteroatoms. The normalized spacial score (nSPS) is 10.1. The van der Waals surface area contributed by atoms with E-state index in [1.807, 2.05) is 30.3 Å². The summed E-state index contributed by atoms with van der Waals surface area (Å²) in [5.41, 5.74) is 8.70. The van der Waals surface area contributed by atoms with Crippen LogP contribution in [0, 0.1) is 0 Å². The van der Waals surface area contributed by atoms with E-state index >= 15 is 0 Å². The van der Waals surface area contributed by atoms with E-state index in [1.165, 1.54) is 6.92 Å². The highest BCUT2D eigenvalue weighted by Crippen LogP contribution is 2.23. The van der Waals surface area contributed by atoms with Crippen LogP contribution in [0.2, 0.25) is 0 Å². The molecule has 0 fully saturated rings. The largest absolute Gasteiger partial charge is 0.398 e. The van der Waals surface area contributed by atoms with Crippen LogP contribution < -0.4 is 11.1 Å². The molecule has 0 unspecified atom stereocenters. The van der Waals surface area contributed by atoms with Gasteiger partial charge in [-0.3, -0.25) is 4.79 Å². The Morgan fingerprint density at radius 2 is 1.72 bits per heavy atom. The third-order valence-electron chi connectivity index (χ3n) is 2.56. The standard InChI is InChI=1S/C14H13BrN2O/c1-9(18)13-7-6-12(8-14(13)16)17-11-4-2-10(15)3-5-11/h2-8,17H,16H2,1H3. The molecule has 0 atom stereocenters. The lowest BCUT2D eigenvalue weighted by Crippen LogP contribution is -2.00. The second-order valence-electron chi connectivity index (χ2n) is 3.99. The number of hydrogen-bond donors (Lipinski definition) is 2. The lowest BCUT2D eigenvalue weighted by atomic mass is 10.1. The van der Waals surface area contributed by atoms with Crippen molar-refractivity contribution in [2.75, 3.05) is 11.1 Å². The van der Waals surface area contributed by atoms with Gasteiger partial charge in [-0.15, -0.1) is 0 Å². The van der Waals surface area contributed by atoms with Gasteiger partial charge < -0.3 is 11.1 Å². The van der Waals surface area contributed by atoms with Crippen LogP contribution >= 0.6 is 15.9 Å². The van der Waals surface area contributed by atoms with E-state index in [9.17, 15) is 4.79 Å². The van der Waals surface area contributed by atoms with Crippen LogP contribution in [0.4, 0.5) is 17.1 Å². The number of carbonyl (C=O) groups is 1. The molecule has 18 heavy (non-hydrogen) atoms. The molecule has 2 rings (SSSR count). The number of hydrogen-bond acceptors (Lipinski definition) is 3. The van der Waals surface area contributed by atoms with Crippen molar-refractivity contribution >= 4 is 38.8 Å². The van der Waals surface area contributed by atoms with E-state index in [-0.39, 0.29) is 5.78 Å². The van der Waals surface area contributed by atoms with Gasteiger partial charge in [-0.05, 0) is 49.4 Å². The number of Topliss-reactive ketones (excluding diaryl/α,β-unsaturated/α-hetero) is 1. The molecule has 3 nitrogen and oxygen atoms in total. The number of rotatable bonds is 3. The fraction of sp³-hybridized carbons (Fsp3) is 0.0714. The van der Waals surface area contributed by atoms with Crippen molar-refractivity contribution in [3.8, 4) is 0 Å². The molecule has 2 aromatic carbocycles. The lowest BCUT2D eigenvalue weighted by molar-refractivity contribution is 0.101. The molecule has 0 saturated carbocycles. The first kappa shape index (κ1) is 12.6. The predicted molar refractivity (Wildman–Crippen MR) is 78.3 cm³/mol. The molecular weight excluding hydrogens is 292 g/mol. The molecule has 0 bridgehead atoms. The average Bonchev–Trinajstić information content (AvgIpc) is 2.32. The predicted octanol–water partition coefficient (Wildman–Crippen LogP) is 3.98. The van der Waals surface area contributed by atoms with E-state index in [4.69, 9.17) is 5.73 Å². The van der Waals surface area contributed by atoms with Crippen LogP contribution in [-0.4, -0.2) is 5.78 Å². The van der Waals surface area contributed by atoms with E-state index in [0.717, 1.165) is 15.8 Å². The maximum atomic E-state index is 11.3. The highest BCUT2D eigenvalue weighted by molar-refractivity contribution is 9.10. The maximum absolute atomic E-state index is 11.3. The van der Waals surface area contributed by atoms with Crippen molar-refractivity contribution in [2.24, 2.45) is 0 Å². The van der Waals surface area contributed by atoms with E-state index < -0.39 is 0 Å². The third kappa shape index (κ3) is 2.90. The van der Waals surface area contributed by atoms with Gasteiger partial charge in [0.25, 0.3) is 0 Å². The molecule has 92 valence electrons. The zero-order valence-electron chi connectivity index (χ0n) is 9.91. The number of halogens is 1. The molecule has 0 amide bonds. The molecule has 0 aliphatic heterocycles. The summed E-state index contributed by atoms with van der Waals surface area (Å²) in [6.07, 6.45) is 0. The van der Waals surface area contributed by atoms with Crippen LogP contribution in [0.15, 0.2) is 46.9 Å². The van der Waals surface area contributed by atoms with Crippen LogP contribution in [0.25, 0.3) is 0 Å². The molecule has 0 radical (unpaired) electrons. The number of nitrogen functional groups attached to an aromatic ring is 1. The minimum Gasteiger partial charge on any atom is -0.398 e. The molecule has 3 N–H and O–H groups in total. The van der Waals surface area contributed by atoms with Crippen molar-refractivity contribution in [1.29, 1.82) is 0 Å². The third-order valence-corrected chi connectivity index (χ3v) is 3.09. The van der Waals surface area contributed by atoms with E-state index in [2.05, 4.69) is 21.2 Å². The Morgan fingerprint density at radius 3 is 2.28 bits per heavy atom. The Kier molecular flexibility index (Phi) is 3.67. The Morgan fingerprint density at radius 1 is 1.11 bits per heavy atom. The van der Waals surface area contributed by atoms with Crippen molar-refractivity contribution in [1.82, 2.24) is 0 Å². The van der Waals surface area contributed by atoms with Gasteiger partial charge in [0, 0.05) is 27.1 Å². The second-order valence-corrected chi connectivity index (χ2v) is 4.91. The Labute approximate surface area is 114 Å². The number of nitrogens with one attached hydrogen (secondary N) is 1. The van der Waals surface area contributed by atoms with Crippen LogP contribution in [0.3, 0.4) is 0 Å². The van der Waals surface area contributed by atoms with Crippen molar-refractivity contribution in [3.63, 3.8) is 0 Å². The van der Waals surface area contributed by atoms with Gasteiger partial charge in [-0.2, -0.15) is 0 Å². The molecule has 0 aliphatic rings. The summed E-state index contributed by atoms with van der Waals surface area (Å²) >= 11 is 3.38. The summed E-state index contributed by atoms with van der Waals surface area (Å²) in [4.78, 5) is 11.3. The summed E-state index contributed by atoms with van der Waals surface area (Å²) in [5, 5.41) is 3.23. The number of anilines is 3. The van der Waals surface area contributed by atoms with Crippen LogP contribution in [0.1, 0.15) is 17.3 Å². The van der Waals surface area contributed by atoms with E-state index in [0.29, 0.717) is 11.3 Å². The highest BCUT2D eigenvalue weighted by atomic mass is 79.9. The number of carbonyl (C=O) groups excluding carboxylic acids is 1. The summed E-state index contributed by atoms with van der Waals surface area (Å²) in [5.74, 6) is -0.0253. The fourth-order valence-electron chi connectivity index (χ4n) is 1.66. The fourth-order valence-corrected chi connectivity index (χ4v) is 1.93. The first-order chi connectivity index (χ1) is 8.56. The number of ketones is 1. The van der Waals surface area contributed by atoms with Gasteiger partial charge in [-0.25, -0.2) is 0 Å². The van der Waals surface area contributed by atoms with Gasteiger partial charge in [-0.1, -0.05) is 15.9 Å². The van der Waals surface area contributed by atoms with E-state index in [1.54, 1.807) is 12.1 Å². The molecule has 0 heterocycles. The van der Waals surface area contributed by atoms with Gasteiger partial charge in [0.1, 0.15) is 0 Å². The van der Waals surface area contributed by atoms with Gasteiger partial charge in [0.2, 0.25) is 0 Å². The number of benzene rings is 2. The smallest absolute Gasteiger partial charge is 0.161 e. The molecular formula is C14H13BrN2O.